The van der Waals surface area contributed by atoms with Crippen LogP contribution in [-0.2, 0) is 4.74 Å². The van der Waals surface area contributed by atoms with Crippen LogP contribution in [-0.4, -0.2) is 31.3 Å². The van der Waals surface area contributed by atoms with Crippen molar-refractivity contribution < 1.29 is 14.4 Å². The average Bonchev–Trinajstić information content (AvgIpc) is 2.36. The van der Waals surface area contributed by atoms with E-state index in [2.05, 4.69) is 5.32 Å². The molecule has 0 amide bonds. The van der Waals surface area contributed by atoms with Gasteiger partial charge in [0.1, 0.15) is 5.75 Å². The second-order valence-corrected chi connectivity index (χ2v) is 4.23. The number of anilines is 1. The summed E-state index contributed by atoms with van der Waals surface area (Å²) in [4.78, 5) is 10.4. The molecule has 0 bridgehead atoms. The van der Waals surface area contributed by atoms with E-state index in [1.165, 1.54) is 12.1 Å². The first-order valence-electron chi connectivity index (χ1n) is 6.24. The van der Waals surface area contributed by atoms with Gasteiger partial charge in [0.15, 0.2) is 0 Å². The molecule has 0 aliphatic rings. The number of hydrogen-bond donors (Lipinski definition) is 1. The van der Waals surface area contributed by atoms with E-state index >= 15 is 0 Å². The van der Waals surface area contributed by atoms with Crippen molar-refractivity contribution in [2.24, 2.45) is 0 Å². The summed E-state index contributed by atoms with van der Waals surface area (Å²) >= 11 is 0. The highest BCUT2D eigenvalue weighted by molar-refractivity contribution is 5.56. The normalized spacial score (nSPS) is 11.9. The fourth-order valence-corrected chi connectivity index (χ4v) is 1.67. The molecule has 1 unspecified atom stereocenters. The van der Waals surface area contributed by atoms with Crippen molar-refractivity contribution in [3.63, 3.8) is 0 Å². The van der Waals surface area contributed by atoms with Crippen molar-refractivity contribution in [2.75, 3.05) is 25.6 Å². The van der Waals surface area contributed by atoms with Gasteiger partial charge in [-0.3, -0.25) is 10.1 Å². The van der Waals surface area contributed by atoms with Crippen LogP contribution in [0.1, 0.15) is 20.3 Å². The summed E-state index contributed by atoms with van der Waals surface area (Å²) in [5.74, 6) is 0.498. The highest BCUT2D eigenvalue weighted by Gasteiger charge is 2.12. The molecule has 0 aromatic heterocycles. The first-order chi connectivity index (χ1) is 9.06. The maximum atomic E-state index is 10.9. The molecular formula is C13H20N2O4. The molecule has 1 aromatic rings. The molecule has 0 saturated carbocycles. The number of non-ortho nitro benzene ring substituents is 1. The SMILES string of the molecule is CCOc1cc(NC(C)CCOC)cc([N+](=O)[O-])c1. The number of nitro groups is 1. The van der Waals surface area contributed by atoms with Crippen LogP contribution in [0.15, 0.2) is 18.2 Å². The van der Waals surface area contributed by atoms with Crippen molar-refractivity contribution in [1.82, 2.24) is 0 Å². The van der Waals surface area contributed by atoms with Crippen LogP contribution in [0.3, 0.4) is 0 Å². The topological polar surface area (TPSA) is 73.6 Å². The third-order valence-electron chi connectivity index (χ3n) is 2.58. The largest absolute Gasteiger partial charge is 0.494 e. The lowest BCUT2D eigenvalue weighted by molar-refractivity contribution is -0.384. The predicted octanol–water partition coefficient (Wildman–Crippen LogP) is 2.83. The van der Waals surface area contributed by atoms with Crippen LogP contribution in [0.5, 0.6) is 5.75 Å². The van der Waals surface area contributed by atoms with Crippen LogP contribution in [0.2, 0.25) is 0 Å². The Bertz CT molecular complexity index is 423. The van der Waals surface area contributed by atoms with Gasteiger partial charge in [0.25, 0.3) is 5.69 Å². The molecule has 106 valence electrons. The number of nitrogens with zero attached hydrogens (tertiary/aromatic N) is 1. The lowest BCUT2D eigenvalue weighted by Crippen LogP contribution is -2.17. The number of benzene rings is 1. The van der Waals surface area contributed by atoms with Crippen molar-refractivity contribution in [3.8, 4) is 5.75 Å². The van der Waals surface area contributed by atoms with Gasteiger partial charge in [-0.05, 0) is 20.3 Å². The summed E-state index contributed by atoms with van der Waals surface area (Å²) in [5, 5.41) is 14.1. The van der Waals surface area contributed by atoms with Gasteiger partial charge in [0.2, 0.25) is 0 Å². The quantitative estimate of drug-likeness (QED) is 0.579. The molecule has 1 atom stereocenters. The van der Waals surface area contributed by atoms with Gasteiger partial charge in [-0.2, -0.15) is 0 Å². The summed E-state index contributed by atoms with van der Waals surface area (Å²) in [6, 6.07) is 4.86. The zero-order chi connectivity index (χ0) is 14.3. The number of rotatable bonds is 8. The van der Waals surface area contributed by atoms with Crippen molar-refractivity contribution >= 4 is 11.4 Å². The number of nitro benzene ring substituents is 1. The zero-order valence-corrected chi connectivity index (χ0v) is 11.5. The predicted molar refractivity (Wildman–Crippen MR) is 73.8 cm³/mol. The molecule has 1 aromatic carbocycles. The van der Waals surface area contributed by atoms with Gasteiger partial charge in [0, 0.05) is 37.6 Å². The Morgan fingerprint density at radius 1 is 1.42 bits per heavy atom. The molecule has 6 nitrogen and oxygen atoms in total. The fourth-order valence-electron chi connectivity index (χ4n) is 1.67. The summed E-state index contributed by atoms with van der Waals surface area (Å²) in [6.45, 7) is 4.95. The molecule has 6 heteroatoms. The Kier molecular flexibility index (Phi) is 6.08. The molecule has 0 saturated heterocycles. The molecule has 1 rings (SSSR count). The molecule has 0 fully saturated rings. The van der Waals surface area contributed by atoms with E-state index in [1.807, 2.05) is 13.8 Å². The van der Waals surface area contributed by atoms with Crippen molar-refractivity contribution in [1.29, 1.82) is 0 Å². The van der Waals surface area contributed by atoms with E-state index in [9.17, 15) is 10.1 Å². The number of hydrogen-bond acceptors (Lipinski definition) is 5. The van der Waals surface area contributed by atoms with Crippen molar-refractivity contribution in [2.45, 2.75) is 26.3 Å². The molecular weight excluding hydrogens is 248 g/mol. The highest BCUT2D eigenvalue weighted by Crippen LogP contribution is 2.26. The molecule has 1 N–H and O–H groups in total. The molecule has 19 heavy (non-hydrogen) atoms. The first kappa shape index (κ1) is 15.2. The van der Waals surface area contributed by atoms with Crippen LogP contribution in [0, 0.1) is 10.1 Å². The average molecular weight is 268 g/mol. The minimum atomic E-state index is -0.423. The maximum absolute atomic E-state index is 10.9. The summed E-state index contributed by atoms with van der Waals surface area (Å²) in [7, 11) is 1.65. The van der Waals surface area contributed by atoms with Gasteiger partial charge < -0.3 is 14.8 Å². The van der Waals surface area contributed by atoms with Gasteiger partial charge in [-0.15, -0.1) is 0 Å². The van der Waals surface area contributed by atoms with Crippen LogP contribution in [0.25, 0.3) is 0 Å². The lowest BCUT2D eigenvalue weighted by Gasteiger charge is -2.15. The van der Waals surface area contributed by atoms with Gasteiger partial charge in [-0.1, -0.05) is 0 Å². The Balaban J connectivity index is 2.83. The first-order valence-corrected chi connectivity index (χ1v) is 6.24. The van der Waals surface area contributed by atoms with Crippen LogP contribution in [0.4, 0.5) is 11.4 Å². The van der Waals surface area contributed by atoms with E-state index in [0.717, 1.165) is 6.42 Å². The molecule has 0 radical (unpaired) electrons. The van der Waals surface area contributed by atoms with E-state index in [-0.39, 0.29) is 11.7 Å². The van der Waals surface area contributed by atoms with Gasteiger partial charge in [-0.25, -0.2) is 0 Å². The van der Waals surface area contributed by atoms with E-state index in [1.54, 1.807) is 13.2 Å². The molecule has 0 aliphatic carbocycles. The summed E-state index contributed by atoms with van der Waals surface area (Å²) in [5.41, 5.74) is 0.702. The third kappa shape index (κ3) is 5.13. The van der Waals surface area contributed by atoms with Gasteiger partial charge >= 0.3 is 0 Å². The zero-order valence-electron chi connectivity index (χ0n) is 11.5. The third-order valence-corrected chi connectivity index (χ3v) is 2.58. The number of methoxy groups -OCH3 is 1. The minimum Gasteiger partial charge on any atom is -0.494 e. The smallest absolute Gasteiger partial charge is 0.275 e. The van der Waals surface area contributed by atoms with Crippen LogP contribution >= 0.6 is 0 Å². The lowest BCUT2D eigenvalue weighted by atomic mass is 10.2. The standard InChI is InChI=1S/C13H20N2O4/c1-4-19-13-8-11(7-12(9-13)15(16)17)14-10(2)5-6-18-3/h7-10,14H,4-6H2,1-3H3. The van der Waals surface area contributed by atoms with E-state index in [4.69, 9.17) is 9.47 Å². The second-order valence-electron chi connectivity index (χ2n) is 4.23. The summed E-state index contributed by atoms with van der Waals surface area (Å²) < 4.78 is 10.3. The molecule has 0 heterocycles. The Morgan fingerprint density at radius 2 is 2.16 bits per heavy atom. The Labute approximate surface area is 112 Å². The Hall–Kier alpha value is -1.82. The number of ether oxygens (including phenoxy) is 2. The maximum Gasteiger partial charge on any atom is 0.275 e. The van der Waals surface area contributed by atoms with Crippen molar-refractivity contribution in [3.05, 3.63) is 28.3 Å². The second kappa shape index (κ2) is 7.58. The molecule has 0 aliphatic heterocycles. The monoisotopic (exact) mass is 268 g/mol. The van der Waals surface area contributed by atoms with Crippen LogP contribution < -0.4 is 10.1 Å². The Morgan fingerprint density at radius 3 is 2.74 bits per heavy atom. The van der Waals surface area contributed by atoms with E-state index in [0.29, 0.717) is 24.7 Å². The number of nitrogens with one attached hydrogen (secondary N) is 1. The fraction of sp³-hybridized carbons (Fsp3) is 0.538. The molecule has 0 spiro atoms. The van der Waals surface area contributed by atoms with E-state index < -0.39 is 4.92 Å². The van der Waals surface area contributed by atoms with Gasteiger partial charge in [0.05, 0.1) is 17.6 Å². The minimum absolute atomic E-state index is 0.0207. The summed E-state index contributed by atoms with van der Waals surface area (Å²) in [6.07, 6.45) is 0.823. The highest BCUT2D eigenvalue weighted by atomic mass is 16.6.